The van der Waals surface area contributed by atoms with Gasteiger partial charge in [-0.1, -0.05) is 0 Å². The predicted octanol–water partition coefficient (Wildman–Crippen LogP) is -1.77. The highest BCUT2D eigenvalue weighted by molar-refractivity contribution is 5.21. The standard InChI is InChI=1S/C10H14N2O5/c1-4-5(2-11-10(16)12-4)9-8(15)7(14)6(3-13)17-9/h2,6-9,13-15H,3H2,1H3,(H,11,12,16)/t6-,7+,8+,9+/m1/s1. The largest absolute Gasteiger partial charge is 0.394 e. The van der Waals surface area contributed by atoms with Crippen molar-refractivity contribution in [3.05, 3.63) is 27.9 Å². The molecule has 0 saturated carbocycles. The normalized spacial score (nSPS) is 32.9. The molecule has 0 unspecified atom stereocenters. The Bertz CT molecular complexity index is 460. The van der Waals surface area contributed by atoms with Crippen LogP contribution < -0.4 is 5.69 Å². The highest BCUT2D eigenvalue weighted by Gasteiger charge is 2.43. The highest BCUT2D eigenvalue weighted by Crippen LogP contribution is 2.33. The fraction of sp³-hybridized carbons (Fsp3) is 0.600. The van der Waals surface area contributed by atoms with Gasteiger partial charge in [-0.3, -0.25) is 0 Å². The SMILES string of the molecule is Cc1[nH]c(=O)ncc1[C@@H]1O[C@H](CO)[C@H](O)[C@@H]1O. The van der Waals surface area contributed by atoms with Crippen LogP contribution >= 0.6 is 0 Å². The first-order valence-electron chi connectivity index (χ1n) is 5.23. The lowest BCUT2D eigenvalue weighted by atomic mass is 10.0. The zero-order chi connectivity index (χ0) is 12.6. The van der Waals surface area contributed by atoms with Crippen molar-refractivity contribution in [2.45, 2.75) is 31.3 Å². The van der Waals surface area contributed by atoms with E-state index in [-0.39, 0.29) is 6.61 Å². The lowest BCUT2D eigenvalue weighted by Gasteiger charge is -2.16. The molecule has 1 saturated heterocycles. The van der Waals surface area contributed by atoms with Crippen molar-refractivity contribution in [1.82, 2.24) is 9.97 Å². The number of H-pyrrole nitrogens is 1. The molecular weight excluding hydrogens is 228 g/mol. The summed E-state index contributed by atoms with van der Waals surface area (Å²) in [5, 5.41) is 28.4. The molecule has 4 N–H and O–H groups in total. The van der Waals surface area contributed by atoms with Gasteiger partial charge in [0.2, 0.25) is 0 Å². The van der Waals surface area contributed by atoms with Crippen molar-refractivity contribution in [3.8, 4) is 0 Å². The second kappa shape index (κ2) is 4.53. The monoisotopic (exact) mass is 242 g/mol. The zero-order valence-corrected chi connectivity index (χ0v) is 9.20. The first kappa shape index (κ1) is 12.2. The van der Waals surface area contributed by atoms with Gasteiger partial charge in [-0.25, -0.2) is 9.78 Å². The fourth-order valence-electron chi connectivity index (χ4n) is 1.93. The van der Waals surface area contributed by atoms with Crippen molar-refractivity contribution in [3.63, 3.8) is 0 Å². The van der Waals surface area contributed by atoms with E-state index in [1.165, 1.54) is 6.20 Å². The van der Waals surface area contributed by atoms with E-state index >= 15 is 0 Å². The van der Waals surface area contributed by atoms with Gasteiger partial charge in [-0.2, -0.15) is 0 Å². The van der Waals surface area contributed by atoms with E-state index in [4.69, 9.17) is 9.84 Å². The molecule has 17 heavy (non-hydrogen) atoms. The molecular formula is C10H14N2O5. The smallest absolute Gasteiger partial charge is 0.345 e. The fourth-order valence-corrected chi connectivity index (χ4v) is 1.93. The molecule has 2 heterocycles. The second-order valence-corrected chi connectivity index (χ2v) is 4.03. The summed E-state index contributed by atoms with van der Waals surface area (Å²) in [5.74, 6) is 0. The van der Waals surface area contributed by atoms with Crippen LogP contribution in [0.3, 0.4) is 0 Å². The first-order chi connectivity index (χ1) is 8.04. The lowest BCUT2D eigenvalue weighted by Crippen LogP contribution is -2.32. The van der Waals surface area contributed by atoms with Gasteiger partial charge in [0.05, 0.1) is 6.61 Å². The molecule has 0 aromatic carbocycles. The zero-order valence-electron chi connectivity index (χ0n) is 9.20. The topological polar surface area (TPSA) is 116 Å². The molecule has 2 rings (SSSR count). The van der Waals surface area contributed by atoms with Crippen LogP contribution in [-0.4, -0.2) is 50.2 Å². The molecule has 0 radical (unpaired) electrons. The van der Waals surface area contributed by atoms with E-state index in [1.807, 2.05) is 0 Å². The minimum absolute atomic E-state index is 0.384. The average molecular weight is 242 g/mol. The van der Waals surface area contributed by atoms with Crippen molar-refractivity contribution < 1.29 is 20.1 Å². The van der Waals surface area contributed by atoms with Crippen molar-refractivity contribution in [2.75, 3.05) is 6.61 Å². The van der Waals surface area contributed by atoms with Gasteiger partial charge in [0.15, 0.2) is 0 Å². The minimum atomic E-state index is -1.16. The Hall–Kier alpha value is -1.28. The summed E-state index contributed by atoms with van der Waals surface area (Å²) in [5.41, 5.74) is 0.518. The van der Waals surface area contributed by atoms with E-state index < -0.39 is 30.1 Å². The summed E-state index contributed by atoms with van der Waals surface area (Å²) < 4.78 is 5.33. The minimum Gasteiger partial charge on any atom is -0.394 e. The van der Waals surface area contributed by atoms with Gasteiger partial charge in [0.25, 0.3) is 0 Å². The number of aromatic amines is 1. The number of nitrogens with one attached hydrogen (secondary N) is 1. The van der Waals surface area contributed by atoms with Crippen LogP contribution in [0.2, 0.25) is 0 Å². The number of aryl methyl sites for hydroxylation is 1. The maximum atomic E-state index is 11.0. The molecule has 1 fully saturated rings. The Kier molecular flexibility index (Phi) is 3.25. The summed E-state index contributed by atoms with van der Waals surface area (Å²) >= 11 is 0. The second-order valence-electron chi connectivity index (χ2n) is 4.03. The van der Waals surface area contributed by atoms with Gasteiger partial charge in [0.1, 0.15) is 24.4 Å². The quantitative estimate of drug-likeness (QED) is 0.488. The third-order valence-electron chi connectivity index (χ3n) is 2.90. The van der Waals surface area contributed by atoms with Gasteiger partial charge in [-0.15, -0.1) is 0 Å². The Morgan fingerprint density at radius 3 is 2.71 bits per heavy atom. The Balaban J connectivity index is 2.32. The molecule has 1 aliphatic rings. The molecule has 7 nitrogen and oxygen atoms in total. The molecule has 0 bridgehead atoms. The molecule has 7 heteroatoms. The molecule has 0 aliphatic carbocycles. The summed E-state index contributed by atoms with van der Waals surface area (Å²) in [4.78, 5) is 17.0. The van der Waals surface area contributed by atoms with Crippen molar-refractivity contribution in [2.24, 2.45) is 0 Å². The van der Waals surface area contributed by atoms with Crippen LogP contribution in [-0.2, 0) is 4.74 Å². The van der Waals surface area contributed by atoms with E-state index in [1.54, 1.807) is 6.92 Å². The molecule has 1 aliphatic heterocycles. The molecule has 1 aromatic heterocycles. The number of nitrogens with zero attached hydrogens (tertiary/aromatic N) is 1. The summed E-state index contributed by atoms with van der Waals surface area (Å²) in [6.45, 7) is 1.26. The lowest BCUT2D eigenvalue weighted by molar-refractivity contribution is -0.0231. The van der Waals surface area contributed by atoms with Crippen LogP contribution in [0.15, 0.2) is 11.0 Å². The van der Waals surface area contributed by atoms with E-state index in [2.05, 4.69) is 9.97 Å². The number of hydrogen-bond acceptors (Lipinski definition) is 6. The van der Waals surface area contributed by atoms with Gasteiger partial charge in [0, 0.05) is 17.5 Å². The average Bonchev–Trinajstić information content (AvgIpc) is 2.57. The van der Waals surface area contributed by atoms with Gasteiger partial charge >= 0.3 is 5.69 Å². The van der Waals surface area contributed by atoms with Crippen molar-refractivity contribution in [1.29, 1.82) is 0 Å². The number of aromatic nitrogens is 2. The molecule has 94 valence electrons. The van der Waals surface area contributed by atoms with Crippen LogP contribution in [0.1, 0.15) is 17.4 Å². The summed E-state index contributed by atoms with van der Waals surface area (Å²) in [6, 6.07) is 0. The first-order valence-corrected chi connectivity index (χ1v) is 5.23. The van der Waals surface area contributed by atoms with E-state index in [0.29, 0.717) is 11.3 Å². The van der Waals surface area contributed by atoms with Crippen molar-refractivity contribution >= 4 is 0 Å². The molecule has 0 amide bonds. The Labute approximate surface area is 96.7 Å². The Morgan fingerprint density at radius 1 is 1.47 bits per heavy atom. The van der Waals surface area contributed by atoms with E-state index in [9.17, 15) is 15.0 Å². The van der Waals surface area contributed by atoms with Crippen LogP contribution in [0.4, 0.5) is 0 Å². The maximum Gasteiger partial charge on any atom is 0.345 e. The number of rotatable bonds is 2. The van der Waals surface area contributed by atoms with Gasteiger partial charge in [-0.05, 0) is 6.92 Å². The number of ether oxygens (including phenoxy) is 1. The summed E-state index contributed by atoms with van der Waals surface area (Å²) in [6.07, 6.45) is -2.64. The van der Waals surface area contributed by atoms with Crippen LogP contribution in [0.25, 0.3) is 0 Å². The predicted molar refractivity (Wildman–Crippen MR) is 56.3 cm³/mol. The van der Waals surface area contributed by atoms with E-state index in [0.717, 1.165) is 0 Å². The van der Waals surface area contributed by atoms with Crippen LogP contribution in [0, 0.1) is 6.92 Å². The summed E-state index contributed by atoms with van der Waals surface area (Å²) in [7, 11) is 0. The molecule has 0 spiro atoms. The van der Waals surface area contributed by atoms with Crippen LogP contribution in [0.5, 0.6) is 0 Å². The number of aliphatic hydroxyl groups excluding tert-OH is 3. The van der Waals surface area contributed by atoms with Gasteiger partial charge < -0.3 is 25.0 Å². The molecule has 1 aromatic rings. The third-order valence-corrected chi connectivity index (χ3v) is 2.90. The maximum absolute atomic E-state index is 11.0. The molecule has 4 atom stereocenters. The Morgan fingerprint density at radius 2 is 2.18 bits per heavy atom. The number of aliphatic hydroxyl groups is 3. The number of hydrogen-bond donors (Lipinski definition) is 4. The third kappa shape index (κ3) is 2.09. The highest BCUT2D eigenvalue weighted by atomic mass is 16.6.